The standard InChI is InChI=1S/C23H21N3O2/c27-22(15-28-18-9-5-2-6-10-18)26-17-11-12-21(26)19-14-24-23(25-20(19)13-17)16-7-3-1-4-8-16/h1-10,14,17,21H,11-13,15H2. The predicted molar refractivity (Wildman–Crippen MR) is 106 cm³/mol. The summed E-state index contributed by atoms with van der Waals surface area (Å²) in [6.45, 7) is 0.0648. The SMILES string of the molecule is O=C(COc1ccccc1)N1C2CCC1c1cnc(-c3ccccc3)nc1C2. The maximum absolute atomic E-state index is 12.9. The van der Waals surface area contributed by atoms with Crippen molar-refractivity contribution in [1.29, 1.82) is 0 Å². The van der Waals surface area contributed by atoms with E-state index < -0.39 is 0 Å². The Hall–Kier alpha value is -3.21. The van der Waals surface area contributed by atoms with Gasteiger partial charge >= 0.3 is 0 Å². The molecule has 5 nitrogen and oxygen atoms in total. The molecule has 1 fully saturated rings. The highest BCUT2D eigenvalue weighted by molar-refractivity contribution is 5.79. The molecule has 0 spiro atoms. The number of carbonyl (C=O) groups is 1. The third-order valence-corrected chi connectivity index (χ3v) is 5.62. The van der Waals surface area contributed by atoms with E-state index in [1.165, 1.54) is 0 Å². The Morgan fingerprint density at radius 2 is 1.79 bits per heavy atom. The second kappa shape index (κ2) is 7.08. The molecule has 0 N–H and O–H groups in total. The van der Waals surface area contributed by atoms with E-state index in [9.17, 15) is 4.79 Å². The lowest BCUT2D eigenvalue weighted by molar-refractivity contribution is -0.137. The molecular formula is C23H21N3O2. The molecular weight excluding hydrogens is 350 g/mol. The molecule has 5 rings (SSSR count). The Labute approximate surface area is 164 Å². The number of amides is 1. The number of para-hydroxylation sites is 1. The highest BCUT2D eigenvalue weighted by Crippen LogP contribution is 2.43. The fraction of sp³-hybridized carbons (Fsp3) is 0.261. The van der Waals surface area contributed by atoms with Crippen LogP contribution < -0.4 is 4.74 Å². The first kappa shape index (κ1) is 16.9. The third-order valence-electron chi connectivity index (χ3n) is 5.62. The van der Waals surface area contributed by atoms with Crippen LogP contribution in [-0.4, -0.2) is 33.4 Å². The molecule has 2 bridgehead atoms. The summed E-state index contributed by atoms with van der Waals surface area (Å²) in [6, 6.07) is 19.8. The van der Waals surface area contributed by atoms with Crippen LogP contribution in [-0.2, 0) is 11.2 Å². The fourth-order valence-electron chi connectivity index (χ4n) is 4.32. The van der Waals surface area contributed by atoms with Crippen LogP contribution in [0.2, 0.25) is 0 Å². The van der Waals surface area contributed by atoms with E-state index in [-0.39, 0.29) is 24.6 Å². The second-order valence-electron chi connectivity index (χ2n) is 7.32. The molecule has 0 radical (unpaired) electrons. The van der Waals surface area contributed by atoms with E-state index in [1.807, 2.05) is 71.8 Å². The van der Waals surface area contributed by atoms with Crippen molar-refractivity contribution >= 4 is 5.91 Å². The zero-order valence-electron chi connectivity index (χ0n) is 15.5. The molecule has 2 unspecified atom stereocenters. The summed E-state index contributed by atoms with van der Waals surface area (Å²) in [5, 5.41) is 0. The number of carbonyl (C=O) groups excluding carboxylic acids is 1. The molecule has 2 aromatic carbocycles. The van der Waals surface area contributed by atoms with Crippen molar-refractivity contribution in [2.45, 2.75) is 31.3 Å². The number of rotatable bonds is 4. The van der Waals surface area contributed by atoms with Gasteiger partial charge in [-0.2, -0.15) is 0 Å². The molecule has 1 amide bonds. The summed E-state index contributed by atoms with van der Waals surface area (Å²) in [7, 11) is 0. The van der Waals surface area contributed by atoms with Gasteiger partial charge in [-0.3, -0.25) is 4.79 Å². The van der Waals surface area contributed by atoms with Gasteiger partial charge < -0.3 is 9.64 Å². The normalized spacial score (nSPS) is 19.9. The molecule has 2 aliphatic heterocycles. The molecule has 28 heavy (non-hydrogen) atoms. The molecule has 3 aromatic rings. The largest absolute Gasteiger partial charge is 0.484 e. The molecule has 2 aliphatic rings. The molecule has 2 atom stereocenters. The highest BCUT2D eigenvalue weighted by atomic mass is 16.5. The third kappa shape index (κ3) is 3.03. The Bertz CT molecular complexity index is 991. The van der Waals surface area contributed by atoms with E-state index >= 15 is 0 Å². The number of fused-ring (bicyclic) bond motifs is 4. The quantitative estimate of drug-likeness (QED) is 0.700. The smallest absolute Gasteiger partial charge is 0.261 e. The first-order valence-electron chi connectivity index (χ1n) is 9.70. The van der Waals surface area contributed by atoms with Gasteiger partial charge in [0.05, 0.1) is 11.7 Å². The predicted octanol–water partition coefficient (Wildman–Crippen LogP) is 3.81. The fourth-order valence-corrected chi connectivity index (χ4v) is 4.32. The van der Waals surface area contributed by atoms with Gasteiger partial charge in [-0.1, -0.05) is 48.5 Å². The number of ether oxygens (including phenoxy) is 1. The summed E-state index contributed by atoms with van der Waals surface area (Å²) in [6.07, 6.45) is 4.65. The number of benzene rings is 2. The van der Waals surface area contributed by atoms with Crippen LogP contribution in [0.4, 0.5) is 0 Å². The lowest BCUT2D eigenvalue weighted by atomic mass is 9.99. The van der Waals surface area contributed by atoms with Crippen LogP contribution in [0, 0.1) is 0 Å². The van der Waals surface area contributed by atoms with Crippen molar-refractivity contribution in [2.75, 3.05) is 6.61 Å². The minimum atomic E-state index is 0.0362. The first-order chi connectivity index (χ1) is 13.8. The Balaban J connectivity index is 1.36. The summed E-state index contributed by atoms with van der Waals surface area (Å²) < 4.78 is 5.69. The Morgan fingerprint density at radius 3 is 2.57 bits per heavy atom. The maximum Gasteiger partial charge on any atom is 0.261 e. The average Bonchev–Trinajstić information content (AvgIpc) is 3.08. The number of hydrogen-bond acceptors (Lipinski definition) is 4. The lowest BCUT2D eigenvalue weighted by Gasteiger charge is -2.35. The summed E-state index contributed by atoms with van der Waals surface area (Å²) in [5.74, 6) is 1.51. The van der Waals surface area contributed by atoms with E-state index in [1.54, 1.807) is 0 Å². The van der Waals surface area contributed by atoms with Crippen molar-refractivity contribution < 1.29 is 9.53 Å². The minimum Gasteiger partial charge on any atom is -0.484 e. The maximum atomic E-state index is 12.9. The van der Waals surface area contributed by atoms with Gasteiger partial charge in [0, 0.05) is 29.8 Å². The first-order valence-corrected chi connectivity index (χ1v) is 9.70. The topological polar surface area (TPSA) is 55.3 Å². The summed E-state index contributed by atoms with van der Waals surface area (Å²) >= 11 is 0. The van der Waals surface area contributed by atoms with Gasteiger partial charge in [0.15, 0.2) is 12.4 Å². The molecule has 140 valence electrons. The van der Waals surface area contributed by atoms with Crippen LogP contribution in [0.15, 0.2) is 66.9 Å². The molecule has 1 aromatic heterocycles. The van der Waals surface area contributed by atoms with Crippen molar-refractivity contribution in [2.24, 2.45) is 0 Å². The number of hydrogen-bond donors (Lipinski definition) is 0. The van der Waals surface area contributed by atoms with Crippen LogP contribution in [0.1, 0.15) is 30.1 Å². The van der Waals surface area contributed by atoms with Gasteiger partial charge in [0.25, 0.3) is 5.91 Å². The van der Waals surface area contributed by atoms with Crippen molar-refractivity contribution in [3.63, 3.8) is 0 Å². The number of aromatic nitrogens is 2. The van der Waals surface area contributed by atoms with Gasteiger partial charge in [-0.25, -0.2) is 9.97 Å². The van der Waals surface area contributed by atoms with Crippen LogP contribution in [0.5, 0.6) is 5.75 Å². The number of nitrogens with zero attached hydrogens (tertiary/aromatic N) is 3. The lowest BCUT2D eigenvalue weighted by Crippen LogP contribution is -2.44. The van der Waals surface area contributed by atoms with Gasteiger partial charge in [-0.05, 0) is 25.0 Å². The van der Waals surface area contributed by atoms with E-state index in [2.05, 4.69) is 4.98 Å². The monoisotopic (exact) mass is 371 g/mol. The minimum absolute atomic E-state index is 0.0362. The van der Waals surface area contributed by atoms with Gasteiger partial charge in [0.2, 0.25) is 0 Å². The summed E-state index contributed by atoms with van der Waals surface area (Å²) in [5.41, 5.74) is 3.18. The zero-order chi connectivity index (χ0) is 18.9. The summed E-state index contributed by atoms with van der Waals surface area (Å²) in [4.78, 5) is 24.3. The molecule has 0 saturated carbocycles. The van der Waals surface area contributed by atoms with Crippen molar-refractivity contribution in [3.8, 4) is 17.1 Å². The van der Waals surface area contributed by atoms with E-state index in [0.717, 1.165) is 47.7 Å². The zero-order valence-corrected chi connectivity index (χ0v) is 15.5. The van der Waals surface area contributed by atoms with E-state index in [0.29, 0.717) is 0 Å². The van der Waals surface area contributed by atoms with Crippen LogP contribution >= 0.6 is 0 Å². The Morgan fingerprint density at radius 1 is 1.04 bits per heavy atom. The van der Waals surface area contributed by atoms with Crippen molar-refractivity contribution in [3.05, 3.63) is 78.1 Å². The van der Waals surface area contributed by atoms with Gasteiger partial charge in [-0.15, -0.1) is 0 Å². The highest BCUT2D eigenvalue weighted by Gasteiger charge is 2.43. The van der Waals surface area contributed by atoms with Crippen LogP contribution in [0.3, 0.4) is 0 Å². The molecule has 1 saturated heterocycles. The van der Waals surface area contributed by atoms with Gasteiger partial charge in [0.1, 0.15) is 5.75 Å². The molecule has 3 heterocycles. The average molecular weight is 371 g/mol. The van der Waals surface area contributed by atoms with Crippen LogP contribution in [0.25, 0.3) is 11.4 Å². The Kier molecular flexibility index (Phi) is 4.28. The second-order valence-corrected chi connectivity index (χ2v) is 7.32. The molecule has 0 aliphatic carbocycles. The van der Waals surface area contributed by atoms with Crippen molar-refractivity contribution in [1.82, 2.24) is 14.9 Å². The van der Waals surface area contributed by atoms with E-state index in [4.69, 9.17) is 9.72 Å². The molecule has 5 heteroatoms.